The van der Waals surface area contributed by atoms with Crippen molar-refractivity contribution in [3.63, 3.8) is 0 Å². The summed E-state index contributed by atoms with van der Waals surface area (Å²) in [6.45, 7) is 6.85. The Balaban J connectivity index is 1.97. The Hall–Kier alpha value is -0.830. The Morgan fingerprint density at radius 1 is 1.60 bits per heavy atom. The van der Waals surface area contributed by atoms with Crippen molar-refractivity contribution in [1.82, 2.24) is 15.3 Å². The van der Waals surface area contributed by atoms with E-state index in [0.29, 0.717) is 17.5 Å². The fourth-order valence-corrected chi connectivity index (χ4v) is 1.99. The number of hydrogen-bond acceptors (Lipinski definition) is 2. The van der Waals surface area contributed by atoms with Gasteiger partial charge < -0.3 is 10.3 Å². The third kappa shape index (κ3) is 2.23. The van der Waals surface area contributed by atoms with Gasteiger partial charge in [-0.2, -0.15) is 0 Å². The van der Waals surface area contributed by atoms with Crippen LogP contribution in [0.1, 0.15) is 51.9 Å². The molecule has 84 valence electrons. The van der Waals surface area contributed by atoms with Crippen molar-refractivity contribution in [2.75, 3.05) is 0 Å². The summed E-state index contributed by atoms with van der Waals surface area (Å²) in [7, 11) is 0. The normalized spacial score (nSPS) is 22.3. The summed E-state index contributed by atoms with van der Waals surface area (Å²) in [4.78, 5) is 7.52. The lowest BCUT2D eigenvalue weighted by Crippen LogP contribution is -2.36. The van der Waals surface area contributed by atoms with E-state index in [2.05, 4.69) is 36.1 Å². The zero-order valence-corrected chi connectivity index (χ0v) is 9.88. The predicted octanol–water partition coefficient (Wildman–Crippen LogP) is 2.64. The van der Waals surface area contributed by atoms with Crippen LogP contribution < -0.4 is 5.32 Å². The maximum absolute atomic E-state index is 4.32. The summed E-state index contributed by atoms with van der Waals surface area (Å²) in [6.07, 6.45) is 7.51. The van der Waals surface area contributed by atoms with Crippen LogP contribution in [0.2, 0.25) is 0 Å². The van der Waals surface area contributed by atoms with Gasteiger partial charge in [0.25, 0.3) is 0 Å². The molecular weight excluding hydrogens is 186 g/mol. The molecule has 1 aromatic heterocycles. The second-order valence-corrected chi connectivity index (χ2v) is 4.98. The van der Waals surface area contributed by atoms with E-state index in [1.54, 1.807) is 0 Å². The van der Waals surface area contributed by atoms with Crippen LogP contribution in [0.3, 0.4) is 0 Å². The first-order valence-electron chi connectivity index (χ1n) is 5.91. The summed E-state index contributed by atoms with van der Waals surface area (Å²) in [5.74, 6) is 1.06. The van der Waals surface area contributed by atoms with E-state index in [1.807, 2.05) is 12.4 Å². The average molecular weight is 207 g/mol. The number of aromatic nitrogens is 2. The van der Waals surface area contributed by atoms with E-state index in [1.165, 1.54) is 12.8 Å². The Morgan fingerprint density at radius 2 is 2.33 bits per heavy atom. The van der Waals surface area contributed by atoms with Crippen molar-refractivity contribution in [3.8, 4) is 0 Å². The molecule has 1 aliphatic carbocycles. The fraction of sp³-hybridized carbons (Fsp3) is 0.750. The van der Waals surface area contributed by atoms with Crippen molar-refractivity contribution in [2.24, 2.45) is 5.41 Å². The van der Waals surface area contributed by atoms with E-state index in [4.69, 9.17) is 0 Å². The van der Waals surface area contributed by atoms with Gasteiger partial charge in [0.2, 0.25) is 0 Å². The van der Waals surface area contributed by atoms with E-state index in [-0.39, 0.29) is 0 Å². The number of imidazole rings is 1. The molecule has 2 rings (SSSR count). The number of nitrogens with zero attached hydrogens (tertiary/aromatic N) is 1. The van der Waals surface area contributed by atoms with Crippen LogP contribution in [-0.4, -0.2) is 16.0 Å². The SMILES string of the molecule is CCC(NC(C)C1(C)CC1)c1ncc[nH]1. The molecule has 0 spiro atoms. The van der Waals surface area contributed by atoms with Gasteiger partial charge >= 0.3 is 0 Å². The molecule has 1 aromatic rings. The van der Waals surface area contributed by atoms with Crippen LogP contribution in [0.25, 0.3) is 0 Å². The minimum Gasteiger partial charge on any atom is -0.347 e. The molecule has 3 nitrogen and oxygen atoms in total. The summed E-state index contributed by atoms with van der Waals surface area (Å²) in [6, 6.07) is 0.944. The molecule has 2 atom stereocenters. The lowest BCUT2D eigenvalue weighted by Gasteiger charge is -2.25. The summed E-state index contributed by atoms with van der Waals surface area (Å²) < 4.78 is 0. The van der Waals surface area contributed by atoms with Crippen LogP contribution in [0.4, 0.5) is 0 Å². The summed E-state index contributed by atoms with van der Waals surface area (Å²) in [5.41, 5.74) is 0.528. The maximum Gasteiger partial charge on any atom is 0.123 e. The van der Waals surface area contributed by atoms with Gasteiger partial charge in [-0.15, -0.1) is 0 Å². The van der Waals surface area contributed by atoms with Crippen molar-refractivity contribution in [2.45, 2.75) is 52.1 Å². The van der Waals surface area contributed by atoms with Gasteiger partial charge in [0.15, 0.2) is 0 Å². The van der Waals surface area contributed by atoms with Crippen LogP contribution in [0, 0.1) is 5.41 Å². The third-order valence-electron chi connectivity index (χ3n) is 3.79. The van der Waals surface area contributed by atoms with Crippen LogP contribution in [0.5, 0.6) is 0 Å². The van der Waals surface area contributed by atoms with Crippen LogP contribution in [-0.2, 0) is 0 Å². The highest BCUT2D eigenvalue weighted by molar-refractivity contribution is 5.01. The number of aromatic amines is 1. The Bertz CT molecular complexity index is 301. The highest BCUT2D eigenvalue weighted by Crippen LogP contribution is 2.48. The molecule has 0 saturated heterocycles. The number of H-pyrrole nitrogens is 1. The predicted molar refractivity (Wildman–Crippen MR) is 61.6 cm³/mol. The van der Waals surface area contributed by atoms with Gasteiger partial charge in [-0.05, 0) is 31.6 Å². The number of rotatable bonds is 5. The molecule has 0 bridgehead atoms. The molecular formula is C12H21N3. The standard InChI is InChI=1S/C12H21N3/c1-4-10(11-13-7-8-14-11)15-9(2)12(3)5-6-12/h7-10,15H,4-6H2,1-3H3,(H,13,14). The molecule has 0 aliphatic heterocycles. The van der Waals surface area contributed by atoms with Crippen molar-refractivity contribution in [3.05, 3.63) is 18.2 Å². The zero-order chi connectivity index (χ0) is 10.9. The highest BCUT2D eigenvalue weighted by atomic mass is 15.0. The maximum atomic E-state index is 4.32. The molecule has 1 heterocycles. The molecule has 3 heteroatoms. The first-order chi connectivity index (χ1) is 7.15. The quantitative estimate of drug-likeness (QED) is 0.779. The van der Waals surface area contributed by atoms with Gasteiger partial charge in [0.05, 0.1) is 6.04 Å². The molecule has 0 radical (unpaired) electrons. The molecule has 1 aliphatic rings. The Labute approximate surface area is 91.7 Å². The monoisotopic (exact) mass is 207 g/mol. The topological polar surface area (TPSA) is 40.7 Å². The fourth-order valence-electron chi connectivity index (χ4n) is 1.99. The summed E-state index contributed by atoms with van der Waals surface area (Å²) >= 11 is 0. The van der Waals surface area contributed by atoms with Crippen molar-refractivity contribution >= 4 is 0 Å². The van der Waals surface area contributed by atoms with Crippen LogP contribution in [0.15, 0.2) is 12.4 Å². The van der Waals surface area contributed by atoms with E-state index < -0.39 is 0 Å². The summed E-state index contributed by atoms with van der Waals surface area (Å²) in [5, 5.41) is 3.68. The van der Waals surface area contributed by atoms with Gasteiger partial charge in [0, 0.05) is 18.4 Å². The highest BCUT2D eigenvalue weighted by Gasteiger charge is 2.43. The molecule has 2 N–H and O–H groups in total. The zero-order valence-electron chi connectivity index (χ0n) is 9.88. The smallest absolute Gasteiger partial charge is 0.123 e. The van der Waals surface area contributed by atoms with Crippen LogP contribution >= 0.6 is 0 Å². The lowest BCUT2D eigenvalue weighted by molar-refractivity contribution is 0.330. The molecule has 2 unspecified atom stereocenters. The third-order valence-corrected chi connectivity index (χ3v) is 3.79. The minimum atomic E-state index is 0.368. The molecule has 15 heavy (non-hydrogen) atoms. The average Bonchev–Trinajstić information content (AvgIpc) is 2.80. The van der Waals surface area contributed by atoms with E-state index >= 15 is 0 Å². The van der Waals surface area contributed by atoms with E-state index in [0.717, 1.165) is 12.2 Å². The first-order valence-corrected chi connectivity index (χ1v) is 5.91. The lowest BCUT2D eigenvalue weighted by atomic mass is 9.99. The molecule has 0 amide bonds. The number of hydrogen-bond donors (Lipinski definition) is 2. The number of nitrogens with one attached hydrogen (secondary N) is 2. The van der Waals surface area contributed by atoms with Gasteiger partial charge in [-0.25, -0.2) is 4.98 Å². The molecule has 1 fully saturated rings. The minimum absolute atomic E-state index is 0.368. The Kier molecular flexibility index (Phi) is 2.83. The van der Waals surface area contributed by atoms with Crippen molar-refractivity contribution in [1.29, 1.82) is 0 Å². The first kappa shape index (κ1) is 10.7. The van der Waals surface area contributed by atoms with Crippen molar-refractivity contribution < 1.29 is 0 Å². The van der Waals surface area contributed by atoms with Gasteiger partial charge in [-0.3, -0.25) is 0 Å². The second kappa shape index (κ2) is 3.97. The second-order valence-electron chi connectivity index (χ2n) is 4.98. The largest absolute Gasteiger partial charge is 0.347 e. The Morgan fingerprint density at radius 3 is 2.80 bits per heavy atom. The van der Waals surface area contributed by atoms with Gasteiger partial charge in [0.1, 0.15) is 5.82 Å². The van der Waals surface area contributed by atoms with Gasteiger partial charge in [-0.1, -0.05) is 13.8 Å². The molecule has 0 aromatic carbocycles. The van der Waals surface area contributed by atoms with E-state index in [9.17, 15) is 0 Å². The molecule has 1 saturated carbocycles.